The Morgan fingerprint density at radius 2 is 1.73 bits per heavy atom. The first-order valence-corrected chi connectivity index (χ1v) is 8.67. The first kappa shape index (κ1) is 15.8. The van der Waals surface area contributed by atoms with E-state index in [1.54, 1.807) is 0 Å². The van der Waals surface area contributed by atoms with Gasteiger partial charge in [0.05, 0.1) is 0 Å². The molecule has 3 N–H and O–H groups in total. The number of hydrazine groups is 1. The van der Waals surface area contributed by atoms with Crippen molar-refractivity contribution in [3.8, 4) is 0 Å². The largest absolute Gasteiger partial charge is 0.352 e. The third kappa shape index (κ3) is 4.00. The zero-order valence-corrected chi connectivity index (χ0v) is 13.5. The fourth-order valence-corrected chi connectivity index (χ4v) is 3.49. The summed E-state index contributed by atoms with van der Waals surface area (Å²) in [4.78, 5) is 12.4. The van der Waals surface area contributed by atoms with Crippen LogP contribution in [-0.4, -0.2) is 18.0 Å². The first-order chi connectivity index (χ1) is 10.7. The van der Waals surface area contributed by atoms with Gasteiger partial charge in [0, 0.05) is 17.1 Å². The molecule has 1 saturated heterocycles. The summed E-state index contributed by atoms with van der Waals surface area (Å²) in [6.07, 6.45) is 8.06. The van der Waals surface area contributed by atoms with Crippen molar-refractivity contribution < 1.29 is 4.79 Å². The van der Waals surface area contributed by atoms with Crippen molar-refractivity contribution in [2.75, 3.05) is 0 Å². The molecular weight excluding hydrogens is 298 g/mol. The quantitative estimate of drug-likeness (QED) is 0.750. The Hall–Kier alpha value is -1.10. The van der Waals surface area contributed by atoms with Crippen LogP contribution in [-0.2, 0) is 4.79 Å². The number of carbonyl (C=O) groups excluding carboxylic acids is 1. The minimum atomic E-state index is -0.163. The average molecular weight is 322 g/mol. The van der Waals surface area contributed by atoms with Crippen LogP contribution in [0.15, 0.2) is 24.3 Å². The maximum Gasteiger partial charge on any atom is 0.238 e. The lowest BCUT2D eigenvalue weighted by Gasteiger charge is -2.18. The SMILES string of the molecule is O=C(NC1CCCCCC1)C1CC(c2ccc(Cl)cc2)NN1. The fourth-order valence-electron chi connectivity index (χ4n) is 3.37. The monoisotopic (exact) mass is 321 g/mol. The highest BCUT2D eigenvalue weighted by Crippen LogP contribution is 2.24. The lowest BCUT2D eigenvalue weighted by Crippen LogP contribution is -2.46. The number of hydrogen-bond donors (Lipinski definition) is 3. The third-order valence-electron chi connectivity index (χ3n) is 4.69. The molecule has 1 aliphatic heterocycles. The van der Waals surface area contributed by atoms with Gasteiger partial charge < -0.3 is 5.32 Å². The summed E-state index contributed by atoms with van der Waals surface area (Å²) in [5.74, 6) is 0.121. The van der Waals surface area contributed by atoms with E-state index < -0.39 is 0 Å². The average Bonchev–Trinajstić information content (AvgIpc) is 2.88. The Kier molecular flexibility index (Phi) is 5.34. The minimum absolute atomic E-state index is 0.121. The van der Waals surface area contributed by atoms with Crippen molar-refractivity contribution in [3.63, 3.8) is 0 Å². The molecule has 2 aliphatic rings. The molecule has 2 unspecified atom stereocenters. The minimum Gasteiger partial charge on any atom is -0.352 e. The van der Waals surface area contributed by atoms with E-state index >= 15 is 0 Å². The molecule has 0 radical (unpaired) electrons. The number of rotatable bonds is 3. The molecule has 5 heteroatoms. The molecule has 0 aromatic heterocycles. The summed E-state index contributed by atoms with van der Waals surface area (Å²) in [6, 6.07) is 8.13. The van der Waals surface area contributed by atoms with E-state index in [0.29, 0.717) is 6.04 Å². The van der Waals surface area contributed by atoms with Gasteiger partial charge >= 0.3 is 0 Å². The van der Waals surface area contributed by atoms with Crippen LogP contribution < -0.4 is 16.2 Å². The molecule has 2 atom stereocenters. The number of nitrogens with one attached hydrogen (secondary N) is 3. The highest BCUT2D eigenvalue weighted by molar-refractivity contribution is 6.30. The summed E-state index contributed by atoms with van der Waals surface area (Å²) in [6.45, 7) is 0. The Labute approximate surface area is 137 Å². The lowest BCUT2D eigenvalue weighted by molar-refractivity contribution is -0.123. The molecule has 1 aromatic rings. The maximum atomic E-state index is 12.4. The third-order valence-corrected chi connectivity index (χ3v) is 4.95. The Balaban J connectivity index is 1.53. The maximum absolute atomic E-state index is 12.4. The van der Waals surface area contributed by atoms with Gasteiger partial charge in [-0.3, -0.25) is 4.79 Å². The molecule has 1 heterocycles. The van der Waals surface area contributed by atoms with E-state index in [-0.39, 0.29) is 18.0 Å². The summed E-state index contributed by atoms with van der Waals surface area (Å²) < 4.78 is 0. The van der Waals surface area contributed by atoms with Crippen LogP contribution in [0.3, 0.4) is 0 Å². The molecule has 1 saturated carbocycles. The summed E-state index contributed by atoms with van der Waals surface area (Å²) >= 11 is 5.92. The molecule has 1 aliphatic carbocycles. The first-order valence-electron chi connectivity index (χ1n) is 8.29. The molecule has 4 nitrogen and oxygen atoms in total. The van der Waals surface area contributed by atoms with Crippen molar-refractivity contribution in [1.82, 2.24) is 16.2 Å². The molecule has 3 rings (SSSR count). The van der Waals surface area contributed by atoms with Crippen LogP contribution in [0.4, 0.5) is 0 Å². The van der Waals surface area contributed by atoms with Crippen LogP contribution in [0.2, 0.25) is 5.02 Å². The smallest absolute Gasteiger partial charge is 0.238 e. The molecule has 1 aromatic carbocycles. The van der Waals surface area contributed by atoms with E-state index in [9.17, 15) is 4.79 Å². The number of benzene rings is 1. The van der Waals surface area contributed by atoms with Crippen molar-refractivity contribution in [2.45, 2.75) is 63.1 Å². The van der Waals surface area contributed by atoms with E-state index in [4.69, 9.17) is 11.6 Å². The van der Waals surface area contributed by atoms with Crippen molar-refractivity contribution in [3.05, 3.63) is 34.9 Å². The molecule has 2 fully saturated rings. The lowest BCUT2D eigenvalue weighted by atomic mass is 10.0. The second-order valence-corrected chi connectivity index (χ2v) is 6.81. The topological polar surface area (TPSA) is 53.2 Å². The van der Waals surface area contributed by atoms with E-state index in [2.05, 4.69) is 16.2 Å². The summed E-state index contributed by atoms with van der Waals surface area (Å²) in [7, 11) is 0. The van der Waals surface area contributed by atoms with Crippen LogP contribution in [0, 0.1) is 0 Å². The van der Waals surface area contributed by atoms with E-state index in [0.717, 1.165) is 29.8 Å². The van der Waals surface area contributed by atoms with Gasteiger partial charge in [0.1, 0.15) is 6.04 Å². The number of halogens is 1. The van der Waals surface area contributed by atoms with Gasteiger partial charge in [-0.25, -0.2) is 10.9 Å². The van der Waals surface area contributed by atoms with Crippen LogP contribution in [0.1, 0.15) is 56.6 Å². The zero-order chi connectivity index (χ0) is 15.4. The normalized spacial score (nSPS) is 26.6. The Morgan fingerprint density at radius 1 is 1.05 bits per heavy atom. The zero-order valence-electron chi connectivity index (χ0n) is 12.8. The van der Waals surface area contributed by atoms with Gasteiger partial charge in [0.15, 0.2) is 0 Å². The van der Waals surface area contributed by atoms with Gasteiger partial charge in [0.2, 0.25) is 5.91 Å². The molecule has 120 valence electrons. The van der Waals surface area contributed by atoms with E-state index in [1.807, 2.05) is 24.3 Å². The predicted molar refractivity (Wildman–Crippen MR) is 88.5 cm³/mol. The molecule has 1 amide bonds. The van der Waals surface area contributed by atoms with Gasteiger partial charge in [-0.1, -0.05) is 49.4 Å². The molecule has 0 bridgehead atoms. The van der Waals surface area contributed by atoms with Crippen molar-refractivity contribution >= 4 is 17.5 Å². The van der Waals surface area contributed by atoms with Gasteiger partial charge in [-0.05, 0) is 37.0 Å². The van der Waals surface area contributed by atoms with Crippen molar-refractivity contribution in [2.24, 2.45) is 0 Å². The van der Waals surface area contributed by atoms with Crippen LogP contribution in [0.25, 0.3) is 0 Å². The Morgan fingerprint density at radius 3 is 2.41 bits per heavy atom. The van der Waals surface area contributed by atoms with Crippen LogP contribution in [0.5, 0.6) is 0 Å². The van der Waals surface area contributed by atoms with Crippen molar-refractivity contribution in [1.29, 1.82) is 0 Å². The highest BCUT2D eigenvalue weighted by atomic mass is 35.5. The molecule has 0 spiro atoms. The molecular formula is C17H24ClN3O. The van der Waals surface area contributed by atoms with E-state index in [1.165, 1.54) is 25.7 Å². The fraction of sp³-hybridized carbons (Fsp3) is 0.588. The number of hydrogen-bond acceptors (Lipinski definition) is 3. The second-order valence-electron chi connectivity index (χ2n) is 6.38. The number of carbonyl (C=O) groups is 1. The Bertz CT molecular complexity index is 497. The standard InChI is InChI=1S/C17H24ClN3O/c18-13-9-7-12(8-10-13)15-11-16(21-20-15)17(22)19-14-5-3-1-2-4-6-14/h7-10,14-16,20-21H,1-6,11H2,(H,19,22). The van der Waals surface area contributed by atoms with Gasteiger partial charge in [-0.15, -0.1) is 0 Å². The van der Waals surface area contributed by atoms with Gasteiger partial charge in [-0.2, -0.15) is 0 Å². The summed E-state index contributed by atoms with van der Waals surface area (Å²) in [5, 5.41) is 3.95. The predicted octanol–water partition coefficient (Wildman–Crippen LogP) is 3.09. The van der Waals surface area contributed by atoms with Crippen LogP contribution >= 0.6 is 11.6 Å². The second kappa shape index (κ2) is 7.44. The highest BCUT2D eigenvalue weighted by Gasteiger charge is 2.31. The summed E-state index contributed by atoms with van der Waals surface area (Å²) in [5.41, 5.74) is 7.50. The van der Waals surface area contributed by atoms with Gasteiger partial charge in [0.25, 0.3) is 0 Å². The number of amides is 1. The molecule has 22 heavy (non-hydrogen) atoms.